The number of rotatable bonds is 4. The molecule has 0 spiro atoms. The third-order valence-corrected chi connectivity index (χ3v) is 4.25. The lowest BCUT2D eigenvalue weighted by Gasteiger charge is -2.06. The summed E-state index contributed by atoms with van der Waals surface area (Å²) in [5.41, 5.74) is 2.65. The van der Waals surface area contributed by atoms with Crippen LogP contribution in [0.3, 0.4) is 0 Å². The van der Waals surface area contributed by atoms with Crippen molar-refractivity contribution in [3.05, 3.63) is 46.8 Å². The number of nitrogens with one attached hydrogen (secondary N) is 1. The maximum absolute atomic E-state index is 13.9. The first-order valence-electron chi connectivity index (χ1n) is 7.58. The number of pyridine rings is 1. The number of aromatic nitrogens is 3. The fourth-order valence-corrected chi connectivity index (χ4v) is 2.78. The van der Waals surface area contributed by atoms with Crippen LogP contribution in [0.1, 0.15) is 12.8 Å². The van der Waals surface area contributed by atoms with E-state index in [9.17, 15) is 9.18 Å². The highest BCUT2D eigenvalue weighted by Crippen LogP contribution is 2.31. The van der Waals surface area contributed by atoms with Gasteiger partial charge in [-0.15, -0.1) is 0 Å². The molecule has 1 fully saturated rings. The van der Waals surface area contributed by atoms with Gasteiger partial charge in [0, 0.05) is 18.3 Å². The van der Waals surface area contributed by atoms with E-state index in [1.807, 2.05) is 6.07 Å². The molecule has 0 saturated heterocycles. The highest BCUT2D eigenvalue weighted by atomic mass is 19.1. The van der Waals surface area contributed by atoms with Crippen molar-refractivity contribution in [3.63, 3.8) is 0 Å². The van der Waals surface area contributed by atoms with Crippen molar-refractivity contribution in [2.24, 2.45) is 5.92 Å². The fourth-order valence-electron chi connectivity index (χ4n) is 2.78. The lowest BCUT2D eigenvalue weighted by atomic mass is 10.1. The van der Waals surface area contributed by atoms with Crippen molar-refractivity contribution in [2.75, 3.05) is 7.11 Å². The molecule has 2 aromatic heterocycles. The van der Waals surface area contributed by atoms with E-state index in [4.69, 9.17) is 4.74 Å². The summed E-state index contributed by atoms with van der Waals surface area (Å²) >= 11 is 0. The summed E-state index contributed by atoms with van der Waals surface area (Å²) in [6.07, 6.45) is 3.97. The highest BCUT2D eigenvalue weighted by Gasteiger charge is 2.23. The first-order valence-corrected chi connectivity index (χ1v) is 7.58. The second-order valence-electron chi connectivity index (χ2n) is 5.93. The Bertz CT molecular complexity index is 941. The first-order chi connectivity index (χ1) is 11.2. The molecular formula is C17H16FN3O2. The van der Waals surface area contributed by atoms with Crippen LogP contribution >= 0.6 is 0 Å². The minimum Gasteiger partial charge on any atom is -0.494 e. The molecule has 118 valence electrons. The Labute approximate surface area is 131 Å². The predicted molar refractivity (Wildman–Crippen MR) is 85.0 cm³/mol. The normalized spacial score (nSPS) is 14.3. The molecule has 6 heteroatoms. The van der Waals surface area contributed by atoms with Crippen molar-refractivity contribution in [1.29, 1.82) is 0 Å². The summed E-state index contributed by atoms with van der Waals surface area (Å²) in [4.78, 5) is 19.2. The molecule has 0 bridgehead atoms. The Hall–Kier alpha value is -2.63. The van der Waals surface area contributed by atoms with Gasteiger partial charge in [-0.2, -0.15) is 0 Å². The van der Waals surface area contributed by atoms with Crippen molar-refractivity contribution in [2.45, 2.75) is 19.4 Å². The van der Waals surface area contributed by atoms with Gasteiger partial charge in [-0.1, -0.05) is 6.07 Å². The number of fused-ring (bicyclic) bond motifs is 1. The van der Waals surface area contributed by atoms with Gasteiger partial charge in [-0.3, -0.25) is 9.55 Å². The van der Waals surface area contributed by atoms with Gasteiger partial charge < -0.3 is 4.74 Å². The molecule has 0 aliphatic heterocycles. The lowest BCUT2D eigenvalue weighted by molar-refractivity contribution is 0.386. The third-order valence-electron chi connectivity index (χ3n) is 4.25. The number of aromatic amines is 1. The monoisotopic (exact) mass is 313 g/mol. The zero-order valence-corrected chi connectivity index (χ0v) is 12.7. The number of ether oxygens (including phenoxy) is 1. The largest absolute Gasteiger partial charge is 0.494 e. The van der Waals surface area contributed by atoms with Crippen LogP contribution in [-0.4, -0.2) is 21.6 Å². The maximum Gasteiger partial charge on any atom is 0.327 e. The molecule has 1 aromatic carbocycles. The SMILES string of the molecule is COc1ccc(-c2cnc3[nH]c(=O)n(CC4CC4)c3c2)cc1F. The van der Waals surface area contributed by atoms with Crippen LogP contribution in [0.5, 0.6) is 5.75 Å². The number of halogens is 1. The average Bonchev–Trinajstić information content (AvgIpc) is 3.31. The molecule has 23 heavy (non-hydrogen) atoms. The van der Waals surface area contributed by atoms with Crippen molar-refractivity contribution in [1.82, 2.24) is 14.5 Å². The number of imidazole rings is 1. The molecule has 0 atom stereocenters. The molecule has 3 aromatic rings. The maximum atomic E-state index is 13.9. The molecule has 1 aliphatic rings. The van der Waals surface area contributed by atoms with Crippen LogP contribution in [0.15, 0.2) is 35.3 Å². The standard InChI is InChI=1S/C17H16FN3O2/c1-23-15-5-4-11(6-13(15)18)12-7-14-16(19-8-12)20-17(22)21(14)9-10-2-3-10/h4-8,10H,2-3,9H2,1H3,(H,19,20,22). The van der Waals surface area contributed by atoms with E-state index in [1.54, 1.807) is 22.9 Å². The number of methoxy groups -OCH3 is 1. The topological polar surface area (TPSA) is 59.9 Å². The summed E-state index contributed by atoms with van der Waals surface area (Å²) in [5, 5.41) is 0. The van der Waals surface area contributed by atoms with Crippen molar-refractivity contribution < 1.29 is 9.13 Å². The van der Waals surface area contributed by atoms with Gasteiger partial charge in [-0.05, 0) is 42.5 Å². The Morgan fingerprint density at radius 1 is 1.35 bits per heavy atom. The fraction of sp³-hybridized carbons (Fsp3) is 0.294. The number of benzene rings is 1. The van der Waals surface area contributed by atoms with Crippen LogP contribution in [0.4, 0.5) is 4.39 Å². The molecule has 1 N–H and O–H groups in total. The Kier molecular flexibility index (Phi) is 3.18. The van der Waals surface area contributed by atoms with Gasteiger partial charge in [0.15, 0.2) is 17.2 Å². The summed E-state index contributed by atoms with van der Waals surface area (Å²) in [7, 11) is 1.43. The van der Waals surface area contributed by atoms with Gasteiger partial charge in [0.1, 0.15) is 0 Å². The zero-order chi connectivity index (χ0) is 16.0. The molecular weight excluding hydrogens is 297 g/mol. The molecule has 5 nitrogen and oxygen atoms in total. The number of hydrogen-bond donors (Lipinski definition) is 1. The summed E-state index contributed by atoms with van der Waals surface area (Å²) in [5.74, 6) is 0.360. The molecule has 1 aliphatic carbocycles. The van der Waals surface area contributed by atoms with E-state index in [0.717, 1.165) is 23.9 Å². The minimum atomic E-state index is -0.422. The van der Waals surface area contributed by atoms with Gasteiger partial charge >= 0.3 is 5.69 Å². The lowest BCUT2D eigenvalue weighted by Crippen LogP contribution is -2.17. The minimum absolute atomic E-state index is 0.141. The molecule has 0 unspecified atom stereocenters. The van der Waals surface area contributed by atoms with Gasteiger partial charge in [0.2, 0.25) is 0 Å². The molecule has 4 rings (SSSR count). The van der Waals surface area contributed by atoms with E-state index in [0.29, 0.717) is 23.7 Å². The Morgan fingerprint density at radius 2 is 2.17 bits per heavy atom. The van der Waals surface area contributed by atoms with E-state index >= 15 is 0 Å². The number of H-pyrrole nitrogens is 1. The van der Waals surface area contributed by atoms with Gasteiger partial charge in [0.25, 0.3) is 0 Å². The van der Waals surface area contributed by atoms with Crippen LogP contribution < -0.4 is 10.4 Å². The second kappa shape index (κ2) is 5.22. The van der Waals surface area contributed by atoms with Crippen molar-refractivity contribution in [3.8, 4) is 16.9 Å². The average molecular weight is 313 g/mol. The van der Waals surface area contributed by atoms with Crippen molar-refractivity contribution >= 4 is 11.2 Å². The third kappa shape index (κ3) is 2.50. The second-order valence-corrected chi connectivity index (χ2v) is 5.93. The molecule has 0 amide bonds. The van der Waals surface area contributed by atoms with Crippen LogP contribution in [0, 0.1) is 11.7 Å². The smallest absolute Gasteiger partial charge is 0.327 e. The Balaban J connectivity index is 1.81. The van der Waals surface area contributed by atoms with Crippen LogP contribution in [0.2, 0.25) is 0 Å². The number of nitrogens with zero attached hydrogens (tertiary/aromatic N) is 2. The van der Waals surface area contributed by atoms with Crippen LogP contribution in [0.25, 0.3) is 22.3 Å². The van der Waals surface area contributed by atoms with Gasteiger partial charge in [0.05, 0.1) is 12.6 Å². The van der Waals surface area contributed by atoms with E-state index < -0.39 is 5.82 Å². The van der Waals surface area contributed by atoms with E-state index in [2.05, 4.69) is 9.97 Å². The highest BCUT2D eigenvalue weighted by molar-refractivity contribution is 5.78. The van der Waals surface area contributed by atoms with E-state index in [-0.39, 0.29) is 11.4 Å². The van der Waals surface area contributed by atoms with Gasteiger partial charge in [-0.25, -0.2) is 14.2 Å². The van der Waals surface area contributed by atoms with Crippen LogP contribution in [-0.2, 0) is 6.54 Å². The molecule has 1 saturated carbocycles. The zero-order valence-electron chi connectivity index (χ0n) is 12.7. The summed E-state index contributed by atoms with van der Waals surface area (Å²) in [6.45, 7) is 0.709. The van der Waals surface area contributed by atoms with E-state index in [1.165, 1.54) is 13.2 Å². The molecule has 0 radical (unpaired) electrons. The number of hydrogen-bond acceptors (Lipinski definition) is 3. The quantitative estimate of drug-likeness (QED) is 0.805. The first kappa shape index (κ1) is 14.0. The predicted octanol–water partition coefficient (Wildman–Crippen LogP) is 2.95. The Morgan fingerprint density at radius 3 is 2.87 bits per heavy atom. The summed E-state index contributed by atoms with van der Waals surface area (Å²) in [6, 6.07) is 6.66. The summed E-state index contributed by atoms with van der Waals surface area (Å²) < 4.78 is 20.6. The molecule has 2 heterocycles.